The number of unbranched alkanes of at least 4 members (excludes halogenated alkanes) is 7. The fraction of sp³-hybridized carbons (Fsp3) is 0.765. The van der Waals surface area contributed by atoms with Crippen molar-refractivity contribution in [2.45, 2.75) is 260 Å². The van der Waals surface area contributed by atoms with Gasteiger partial charge in [-0.25, -0.2) is 27.2 Å². The lowest BCUT2D eigenvalue weighted by atomic mass is 9.82. The molecule has 133 heavy (non-hydrogen) atoms. The number of rotatable bonds is 67. The van der Waals surface area contributed by atoms with Crippen LogP contribution in [-0.4, -0.2) is 390 Å². The molecule has 0 spiro atoms. The Morgan fingerprint density at radius 1 is 0.391 bits per heavy atom. The van der Waals surface area contributed by atoms with Gasteiger partial charge in [0.25, 0.3) is 0 Å². The van der Waals surface area contributed by atoms with Crippen LogP contribution in [0.15, 0.2) is 18.6 Å². The molecule has 752 valence electrons. The average Bonchev–Trinajstić information content (AvgIpc) is 1.14. The smallest absolute Gasteiger partial charge is 0.311 e. The Hall–Kier alpha value is -8.67. The Morgan fingerprint density at radius 2 is 0.684 bits per heavy atom. The summed E-state index contributed by atoms with van der Waals surface area (Å²) in [6.07, 6.45) is 0.850. The van der Waals surface area contributed by atoms with Crippen LogP contribution in [-0.2, 0) is 120 Å². The Morgan fingerprint density at radius 3 is 0.992 bits per heavy atom. The first-order valence-corrected chi connectivity index (χ1v) is 45.5. The molecule has 0 unspecified atom stereocenters. The molecule has 0 bridgehead atoms. The van der Waals surface area contributed by atoms with Gasteiger partial charge in [-0.2, -0.15) is 8.78 Å². The molecule has 6 heterocycles. The summed E-state index contributed by atoms with van der Waals surface area (Å²) in [5.74, 6) is -16.8. The third kappa shape index (κ3) is 38.4. The van der Waals surface area contributed by atoms with Crippen LogP contribution in [0.2, 0.25) is 0 Å². The van der Waals surface area contributed by atoms with Crippen LogP contribution in [0, 0.1) is 29.1 Å². The minimum atomic E-state index is -2.38. The van der Waals surface area contributed by atoms with Gasteiger partial charge in [0.05, 0.1) is 174 Å². The molecular formula is C85H135F5N16O27. The van der Waals surface area contributed by atoms with Gasteiger partial charge in [0.1, 0.15) is 54.9 Å². The third-order valence-corrected chi connectivity index (χ3v) is 23.1. The first kappa shape index (κ1) is 111. The zero-order chi connectivity index (χ0) is 96.6. The highest BCUT2D eigenvalue weighted by Gasteiger charge is 2.45. The number of aliphatic hydroxyl groups excluding tert-OH is 9. The van der Waals surface area contributed by atoms with Crippen LogP contribution >= 0.6 is 0 Å². The highest BCUT2D eigenvalue weighted by atomic mass is 19.2. The van der Waals surface area contributed by atoms with Gasteiger partial charge in [-0.1, -0.05) is 54.2 Å². The number of aryl methyl sites for hydroxylation is 3. The lowest BCUT2D eigenvalue weighted by Gasteiger charge is -2.42. The van der Waals surface area contributed by atoms with Crippen LogP contribution < -0.4 is 26.0 Å². The predicted octanol–water partition coefficient (Wildman–Crippen LogP) is -1.50. The Labute approximate surface area is 767 Å². The van der Waals surface area contributed by atoms with E-state index in [1.807, 2.05) is 0 Å². The Kier molecular flexibility index (Phi) is 50.8. The predicted molar refractivity (Wildman–Crippen MR) is 456 cm³/mol. The van der Waals surface area contributed by atoms with Crippen molar-refractivity contribution in [1.29, 1.82) is 0 Å². The SMILES string of the molecule is CC(=O)N(CCCc1cn(CCOCCOCCNC(=O)CCC(CCC(=O)NCCOCCOCCn2cc(CCCN(C(C)=O)[C@H]3CO[C@H](CO)[C@H](O)[C@@H]3O)nn2)(CCC(=O)NCCOCCOCCn2cc(CCCN(C(C)=O)[C@H]3CO[C@H](CO)[C@H](O)[C@@H]3O)nn2)NC(=O)CCCCCCCCCCC(=O)Oc2c(F)c(F)c(F)c(F)c2F)nn1)[C@H]1CO[C@H](CO)[C@H](O)[C@@H]1O. The van der Waals surface area contributed by atoms with Crippen molar-refractivity contribution in [3.05, 3.63) is 64.8 Å². The summed E-state index contributed by atoms with van der Waals surface area (Å²) in [6.45, 7) is 6.78. The number of hydrogen-bond donors (Lipinski definition) is 13. The van der Waals surface area contributed by atoms with E-state index in [9.17, 15) is 106 Å². The first-order chi connectivity index (χ1) is 64.0. The average molecular weight is 1910 g/mol. The minimum Gasteiger partial charge on any atom is -0.420 e. The van der Waals surface area contributed by atoms with Gasteiger partial charge >= 0.3 is 5.97 Å². The van der Waals surface area contributed by atoms with Crippen molar-refractivity contribution in [3.63, 3.8) is 0 Å². The van der Waals surface area contributed by atoms with Gasteiger partial charge in [-0.15, -0.1) is 15.3 Å². The molecule has 0 radical (unpaired) electrons. The summed E-state index contributed by atoms with van der Waals surface area (Å²) in [4.78, 5) is 110. The first-order valence-electron chi connectivity index (χ1n) is 45.5. The molecule has 7 amide bonds. The van der Waals surface area contributed by atoms with E-state index in [1.165, 1.54) is 35.5 Å². The maximum Gasteiger partial charge on any atom is 0.311 e. The monoisotopic (exact) mass is 1910 g/mol. The Bertz CT molecular complexity index is 3800. The van der Waals surface area contributed by atoms with E-state index in [0.29, 0.717) is 114 Å². The number of ether oxygens (including phenoxy) is 10. The summed E-state index contributed by atoms with van der Waals surface area (Å²) < 4.78 is 129. The van der Waals surface area contributed by atoms with Crippen LogP contribution in [0.5, 0.6) is 5.75 Å². The number of halogens is 5. The molecule has 3 saturated heterocycles. The molecule has 0 aliphatic carbocycles. The second kappa shape index (κ2) is 60.7. The van der Waals surface area contributed by atoms with E-state index in [4.69, 9.17) is 42.6 Å². The maximum atomic E-state index is 14.2. The fourth-order valence-corrected chi connectivity index (χ4v) is 15.5. The number of hydrogen-bond acceptors (Lipinski definition) is 33. The van der Waals surface area contributed by atoms with Gasteiger partial charge in [-0.3, -0.25) is 38.4 Å². The largest absolute Gasteiger partial charge is 0.420 e. The number of benzene rings is 1. The molecule has 12 atom stereocenters. The van der Waals surface area contributed by atoms with Crippen LogP contribution in [0.25, 0.3) is 0 Å². The number of aliphatic hydroxyl groups is 9. The minimum absolute atomic E-state index is 0.000239. The van der Waals surface area contributed by atoms with Gasteiger partial charge in [-0.05, 0) is 70.6 Å². The number of carbonyl (C=O) groups is 8. The lowest BCUT2D eigenvalue weighted by molar-refractivity contribution is -0.185. The van der Waals surface area contributed by atoms with Gasteiger partial charge in [0.2, 0.25) is 76.2 Å². The summed E-state index contributed by atoms with van der Waals surface area (Å²) in [5.41, 5.74) is 0.671. The van der Waals surface area contributed by atoms with Gasteiger partial charge < -0.3 is 129 Å². The highest BCUT2D eigenvalue weighted by molar-refractivity contribution is 5.80. The second-order valence-electron chi connectivity index (χ2n) is 32.9. The maximum absolute atomic E-state index is 14.2. The molecule has 43 nitrogen and oxygen atoms in total. The van der Waals surface area contributed by atoms with Crippen molar-refractivity contribution in [3.8, 4) is 5.75 Å². The molecule has 48 heteroatoms. The number of nitrogens with one attached hydrogen (secondary N) is 4. The quantitative estimate of drug-likeness (QED) is 0.00597. The summed E-state index contributed by atoms with van der Waals surface area (Å²) >= 11 is 0. The summed E-state index contributed by atoms with van der Waals surface area (Å²) in [7, 11) is 0. The van der Waals surface area contributed by atoms with E-state index >= 15 is 0 Å². The van der Waals surface area contributed by atoms with Crippen molar-refractivity contribution in [2.24, 2.45) is 0 Å². The fourth-order valence-electron chi connectivity index (χ4n) is 15.5. The number of nitrogens with zero attached hydrogens (tertiary/aromatic N) is 12. The van der Waals surface area contributed by atoms with Crippen molar-refractivity contribution >= 4 is 47.3 Å². The lowest BCUT2D eigenvalue weighted by Crippen LogP contribution is -2.61. The van der Waals surface area contributed by atoms with Crippen LogP contribution in [0.1, 0.15) is 160 Å². The van der Waals surface area contributed by atoms with Gasteiger partial charge in [0.15, 0.2) is 0 Å². The van der Waals surface area contributed by atoms with Crippen LogP contribution in [0.3, 0.4) is 0 Å². The standard InChI is InChI=1S/C85H135F5N16O27/c1-56(110)104(62-53-130-65(50-107)81(121)78(62)118)29-12-15-59-47-101(98-95-59)32-38-127-44-41-124-35-26-91-68(113)20-23-85(94-71(116)18-10-8-6-4-5-7-9-11-19-72(117)133-84-76(89)74(87)73(86)75(88)77(84)90,24-21-69(114)92-27-36-125-42-45-128-39-33-102-48-60(96-99-102)16-13-30-105(57(2)111)63-54-131-66(51-108)82(122)79(63)119)25-22-70(115)93-28-37-126-43-46-129-40-34-103-49-61(97-100-103)17-14-31-106(58(3)112)64-55-132-67(52-109)83(123)80(64)120/h47-49,62-67,78-83,107-109,118-123H,4-46,50-55H2,1-3H3,(H,91,113)(H,92,114)(H,93,115)(H,94,116)/t62-,63-,64-,65+,66+,67+,78+,79+,80+,81-,82-,83-/m0/s1. The topological polar surface area (TPSA) is 561 Å². The third-order valence-electron chi connectivity index (χ3n) is 23.1. The molecule has 7 rings (SSSR count). The number of carbonyl (C=O) groups excluding carboxylic acids is 8. The van der Waals surface area contributed by atoms with Crippen molar-refractivity contribution in [1.82, 2.24) is 80.9 Å². The molecule has 3 aliphatic rings. The molecular weight excluding hydrogens is 1770 g/mol. The second-order valence-corrected chi connectivity index (χ2v) is 32.9. The summed E-state index contributed by atoms with van der Waals surface area (Å²) in [5, 5.41) is 128. The number of amides is 7. The molecule has 4 aromatic rings. The Balaban J connectivity index is 0.873. The van der Waals surface area contributed by atoms with E-state index in [0.717, 1.165) is 6.42 Å². The number of esters is 1. The highest BCUT2D eigenvalue weighted by Crippen LogP contribution is 2.32. The van der Waals surface area contributed by atoms with E-state index in [1.54, 1.807) is 32.6 Å². The van der Waals surface area contributed by atoms with E-state index < -0.39 is 163 Å². The van der Waals surface area contributed by atoms with Gasteiger partial charge in [0, 0.05) is 116 Å². The van der Waals surface area contributed by atoms with Crippen molar-refractivity contribution < 1.29 is 154 Å². The molecule has 1 aromatic carbocycles. The number of aromatic nitrogens is 9. The van der Waals surface area contributed by atoms with E-state index in [-0.39, 0.29) is 214 Å². The molecule has 3 aliphatic heterocycles. The molecule has 3 aromatic heterocycles. The normalized spacial score (nSPS) is 20.3. The van der Waals surface area contributed by atoms with E-state index in [2.05, 4.69) is 56.9 Å². The van der Waals surface area contributed by atoms with Crippen LogP contribution in [0.4, 0.5) is 22.0 Å². The van der Waals surface area contributed by atoms with Crippen molar-refractivity contribution in [2.75, 3.05) is 158 Å². The molecule has 0 saturated carbocycles. The molecule has 3 fully saturated rings. The zero-order valence-electron chi connectivity index (χ0n) is 75.9. The zero-order valence-corrected chi connectivity index (χ0v) is 75.9. The summed E-state index contributed by atoms with van der Waals surface area (Å²) in [6, 6.07) is -2.39. The molecule has 13 N–H and O–H groups in total.